The minimum atomic E-state index is -4.48. The summed E-state index contributed by atoms with van der Waals surface area (Å²) < 4.78 is 86.2. The van der Waals surface area contributed by atoms with Crippen LogP contribution < -0.4 is 15.4 Å². The number of nitrogens with zero attached hydrogens (tertiary/aromatic N) is 3. The summed E-state index contributed by atoms with van der Waals surface area (Å²) in [6.45, 7) is -0.461. The molecule has 2 aromatic carbocycles. The normalized spacial score (nSPS) is 18.5. The average Bonchev–Trinajstić information content (AvgIpc) is 3.18. The van der Waals surface area contributed by atoms with Gasteiger partial charge in [0, 0.05) is 36.5 Å². The number of likely N-dealkylation sites (tertiary alicyclic amines) is 1. The van der Waals surface area contributed by atoms with Crippen molar-refractivity contribution in [2.75, 3.05) is 50.7 Å². The zero-order valence-corrected chi connectivity index (χ0v) is 22.6. The van der Waals surface area contributed by atoms with Gasteiger partial charge in [0.05, 0.1) is 41.5 Å². The number of nitrogen functional groups attached to an aromatic ring is 1. The van der Waals surface area contributed by atoms with Crippen LogP contribution in [0.25, 0.3) is 10.9 Å². The molecule has 0 bridgehead atoms. The standard InChI is InChI=1S/C27H30F4N4O3S/c1-33-13-11-24(21(28)16-33)34(25-10-9-19(39(3,36)37)15-26(25)38-2)12-5-6-18-14-20-22(32)7-4-8-23(20)35(18)17-27(29,30)31/h4,7-10,14-15,21,24H,11-13,16-17,32H2,1-3H3. The summed E-state index contributed by atoms with van der Waals surface area (Å²) in [5.74, 6) is 5.99. The molecule has 210 valence electrons. The maximum atomic E-state index is 15.3. The molecule has 0 amide bonds. The fraction of sp³-hybridized carbons (Fsp3) is 0.407. The van der Waals surface area contributed by atoms with Gasteiger partial charge in [-0.15, -0.1) is 0 Å². The van der Waals surface area contributed by atoms with Crippen LogP contribution in [0.4, 0.5) is 28.9 Å². The van der Waals surface area contributed by atoms with E-state index in [1.807, 2.05) is 11.9 Å². The van der Waals surface area contributed by atoms with Crippen LogP contribution in [0.2, 0.25) is 0 Å². The first-order valence-corrected chi connectivity index (χ1v) is 14.1. The first-order valence-electron chi connectivity index (χ1n) is 12.2. The minimum Gasteiger partial charge on any atom is -0.495 e. The molecule has 3 aromatic rings. The molecule has 4 rings (SSSR count). The molecule has 39 heavy (non-hydrogen) atoms. The molecular formula is C27H30F4N4O3S. The van der Waals surface area contributed by atoms with E-state index in [0.717, 1.165) is 10.8 Å². The molecule has 0 radical (unpaired) electrons. The van der Waals surface area contributed by atoms with E-state index in [1.165, 1.54) is 25.3 Å². The predicted octanol–water partition coefficient (Wildman–Crippen LogP) is 4.10. The molecule has 1 aliphatic rings. The molecule has 1 saturated heterocycles. The number of halogens is 4. The van der Waals surface area contributed by atoms with Crippen LogP contribution in [0.3, 0.4) is 0 Å². The Hall–Kier alpha value is -3.43. The number of anilines is 2. The Labute approximate surface area is 225 Å². The maximum absolute atomic E-state index is 15.3. The summed E-state index contributed by atoms with van der Waals surface area (Å²) in [4.78, 5) is 3.61. The Bertz CT molecular complexity index is 1530. The van der Waals surface area contributed by atoms with Crippen LogP contribution in [0, 0.1) is 11.8 Å². The van der Waals surface area contributed by atoms with Crippen molar-refractivity contribution in [3.63, 3.8) is 0 Å². The van der Waals surface area contributed by atoms with Crippen molar-refractivity contribution in [1.29, 1.82) is 0 Å². The highest BCUT2D eigenvalue weighted by atomic mass is 32.2. The topological polar surface area (TPSA) is 80.8 Å². The molecule has 1 fully saturated rings. The molecule has 1 aromatic heterocycles. The number of nitrogens with two attached hydrogens (primary N) is 1. The second-order valence-electron chi connectivity index (χ2n) is 9.68. The van der Waals surface area contributed by atoms with E-state index in [1.54, 1.807) is 29.2 Å². The number of benzene rings is 2. The van der Waals surface area contributed by atoms with Gasteiger partial charge in [0.25, 0.3) is 0 Å². The Balaban J connectivity index is 1.77. The fourth-order valence-corrected chi connectivity index (χ4v) is 5.51. The summed E-state index contributed by atoms with van der Waals surface area (Å²) in [6.07, 6.45) is -4.20. The van der Waals surface area contributed by atoms with E-state index in [-0.39, 0.29) is 29.4 Å². The molecule has 7 nitrogen and oxygen atoms in total. The van der Waals surface area contributed by atoms with Crippen molar-refractivity contribution in [2.24, 2.45) is 0 Å². The zero-order chi connectivity index (χ0) is 28.5. The van der Waals surface area contributed by atoms with Crippen LogP contribution >= 0.6 is 0 Å². The molecular weight excluding hydrogens is 536 g/mol. The van der Waals surface area contributed by atoms with Crippen LogP contribution in [-0.4, -0.2) is 76.3 Å². The largest absolute Gasteiger partial charge is 0.495 e. The summed E-state index contributed by atoms with van der Waals surface area (Å²) >= 11 is 0. The van der Waals surface area contributed by atoms with E-state index in [2.05, 4.69) is 11.8 Å². The number of fused-ring (bicyclic) bond motifs is 1. The predicted molar refractivity (Wildman–Crippen MR) is 144 cm³/mol. The number of alkyl halides is 4. The molecule has 0 saturated carbocycles. The number of methoxy groups -OCH3 is 1. The molecule has 0 spiro atoms. The summed E-state index contributed by atoms with van der Waals surface area (Å²) in [6, 6.07) is 9.98. The van der Waals surface area contributed by atoms with Crippen molar-refractivity contribution in [3.05, 3.63) is 48.2 Å². The molecule has 1 aliphatic heterocycles. The highest BCUT2D eigenvalue weighted by molar-refractivity contribution is 7.90. The maximum Gasteiger partial charge on any atom is 0.406 e. The lowest BCUT2D eigenvalue weighted by atomic mass is 10.0. The van der Waals surface area contributed by atoms with Crippen LogP contribution in [0.5, 0.6) is 5.75 Å². The van der Waals surface area contributed by atoms with Crippen molar-refractivity contribution in [2.45, 2.75) is 36.3 Å². The lowest BCUT2D eigenvalue weighted by Gasteiger charge is -2.40. The van der Waals surface area contributed by atoms with Gasteiger partial charge in [0.15, 0.2) is 9.84 Å². The quantitative estimate of drug-likeness (QED) is 0.275. The lowest BCUT2D eigenvalue weighted by molar-refractivity contribution is -0.140. The third-order valence-corrected chi connectivity index (χ3v) is 7.89. The Kier molecular flexibility index (Phi) is 8.04. The highest BCUT2D eigenvalue weighted by Gasteiger charge is 2.34. The van der Waals surface area contributed by atoms with Gasteiger partial charge in [-0.2, -0.15) is 13.2 Å². The number of aromatic nitrogens is 1. The first kappa shape index (κ1) is 28.6. The Morgan fingerprint density at radius 3 is 2.59 bits per heavy atom. The smallest absolute Gasteiger partial charge is 0.406 e. The molecule has 2 unspecified atom stereocenters. The second kappa shape index (κ2) is 11.0. The summed E-state index contributed by atoms with van der Waals surface area (Å²) in [5, 5.41) is 0.458. The summed E-state index contributed by atoms with van der Waals surface area (Å²) in [5.41, 5.74) is 7.21. The van der Waals surface area contributed by atoms with E-state index < -0.39 is 34.8 Å². The van der Waals surface area contributed by atoms with E-state index in [4.69, 9.17) is 10.5 Å². The third kappa shape index (κ3) is 6.42. The lowest BCUT2D eigenvalue weighted by Crippen LogP contribution is -2.52. The monoisotopic (exact) mass is 566 g/mol. The van der Waals surface area contributed by atoms with Crippen molar-refractivity contribution >= 4 is 32.1 Å². The van der Waals surface area contributed by atoms with Crippen LogP contribution in [-0.2, 0) is 16.4 Å². The number of ether oxygens (including phenoxy) is 1. The number of piperidine rings is 1. The van der Waals surface area contributed by atoms with Gasteiger partial charge in [-0.1, -0.05) is 12.0 Å². The van der Waals surface area contributed by atoms with Crippen molar-refractivity contribution in [3.8, 4) is 17.6 Å². The van der Waals surface area contributed by atoms with Gasteiger partial charge in [0.2, 0.25) is 0 Å². The van der Waals surface area contributed by atoms with Crippen LogP contribution in [0.15, 0.2) is 47.4 Å². The van der Waals surface area contributed by atoms with Gasteiger partial charge in [0.1, 0.15) is 18.5 Å². The highest BCUT2D eigenvalue weighted by Crippen LogP contribution is 2.35. The third-order valence-electron chi connectivity index (χ3n) is 6.78. The average molecular weight is 567 g/mol. The zero-order valence-electron chi connectivity index (χ0n) is 21.8. The summed E-state index contributed by atoms with van der Waals surface area (Å²) in [7, 11) is -0.318. The molecule has 2 heterocycles. The van der Waals surface area contributed by atoms with Crippen LogP contribution in [0.1, 0.15) is 12.1 Å². The molecule has 2 N–H and O–H groups in total. The number of hydrogen-bond donors (Lipinski definition) is 1. The van der Waals surface area contributed by atoms with E-state index >= 15 is 4.39 Å². The minimum absolute atomic E-state index is 0.0353. The SMILES string of the molecule is COc1cc(S(C)(=O)=O)ccc1N(CC#Cc1cc2c(N)cccc2n1CC(F)(F)F)C1CCN(C)CC1F. The van der Waals surface area contributed by atoms with Gasteiger partial charge in [-0.25, -0.2) is 12.8 Å². The van der Waals surface area contributed by atoms with E-state index in [9.17, 15) is 21.6 Å². The Morgan fingerprint density at radius 1 is 1.21 bits per heavy atom. The molecule has 0 aliphatic carbocycles. The second-order valence-corrected chi connectivity index (χ2v) is 11.7. The van der Waals surface area contributed by atoms with Gasteiger partial charge >= 0.3 is 6.18 Å². The fourth-order valence-electron chi connectivity index (χ4n) is 4.88. The first-order chi connectivity index (χ1) is 18.3. The number of hydrogen-bond acceptors (Lipinski definition) is 6. The van der Waals surface area contributed by atoms with Crippen molar-refractivity contribution < 1.29 is 30.7 Å². The number of sulfone groups is 1. The van der Waals surface area contributed by atoms with Gasteiger partial charge in [-0.05, 0) is 49.7 Å². The molecule has 12 heteroatoms. The Morgan fingerprint density at radius 2 is 1.95 bits per heavy atom. The van der Waals surface area contributed by atoms with Crippen molar-refractivity contribution in [1.82, 2.24) is 9.47 Å². The molecule has 2 atom stereocenters. The van der Waals surface area contributed by atoms with Gasteiger partial charge in [-0.3, -0.25) is 0 Å². The number of rotatable bonds is 6. The van der Waals surface area contributed by atoms with E-state index in [0.29, 0.717) is 35.2 Å². The van der Waals surface area contributed by atoms with Gasteiger partial charge < -0.3 is 24.8 Å².